The maximum Gasteiger partial charge on any atom is 0.0841 e. The summed E-state index contributed by atoms with van der Waals surface area (Å²) in [6.07, 6.45) is 0. The second-order valence-corrected chi connectivity index (χ2v) is 2.57. The molecular formula is C6H12N2O. The minimum Gasteiger partial charge on any atom is -0.389 e. The number of aliphatic hydroxyl groups is 1. The van der Waals surface area contributed by atoms with E-state index in [1.165, 1.54) is 0 Å². The van der Waals surface area contributed by atoms with Crippen molar-refractivity contribution in [1.82, 2.24) is 5.32 Å². The molecule has 0 aromatic heterocycles. The van der Waals surface area contributed by atoms with Crippen molar-refractivity contribution in [2.45, 2.75) is 19.4 Å². The molecule has 0 radical (unpaired) electrons. The summed E-state index contributed by atoms with van der Waals surface area (Å²) in [5.41, 5.74) is -0.711. The molecule has 0 aromatic rings. The number of nitrogens with zero attached hydrogens (tertiary/aromatic N) is 1. The van der Waals surface area contributed by atoms with Crippen molar-refractivity contribution in [2.24, 2.45) is 0 Å². The van der Waals surface area contributed by atoms with E-state index in [9.17, 15) is 0 Å². The SMILES string of the molecule is CC(C)(O)CNCC#N. The highest BCUT2D eigenvalue weighted by molar-refractivity contribution is 4.76. The zero-order valence-corrected chi connectivity index (χ0v) is 5.81. The third-order valence-corrected chi connectivity index (χ3v) is 0.762. The highest BCUT2D eigenvalue weighted by Gasteiger charge is 2.09. The summed E-state index contributed by atoms with van der Waals surface area (Å²) in [6.45, 7) is 4.14. The van der Waals surface area contributed by atoms with Crippen molar-refractivity contribution < 1.29 is 5.11 Å². The van der Waals surface area contributed by atoms with Gasteiger partial charge in [-0.05, 0) is 13.8 Å². The Labute approximate surface area is 55.3 Å². The molecule has 3 heteroatoms. The zero-order valence-electron chi connectivity index (χ0n) is 5.81. The van der Waals surface area contributed by atoms with E-state index < -0.39 is 5.60 Å². The number of rotatable bonds is 3. The van der Waals surface area contributed by atoms with Crippen molar-refractivity contribution in [3.8, 4) is 6.07 Å². The average Bonchev–Trinajstić information content (AvgIpc) is 1.63. The van der Waals surface area contributed by atoms with Crippen LogP contribution >= 0.6 is 0 Å². The van der Waals surface area contributed by atoms with Crippen molar-refractivity contribution in [1.29, 1.82) is 5.26 Å². The van der Waals surface area contributed by atoms with Crippen molar-refractivity contribution in [2.75, 3.05) is 13.1 Å². The Morgan fingerprint density at radius 1 is 1.67 bits per heavy atom. The molecule has 2 N–H and O–H groups in total. The summed E-state index contributed by atoms with van der Waals surface area (Å²) < 4.78 is 0. The number of hydrogen-bond donors (Lipinski definition) is 2. The van der Waals surface area contributed by atoms with Crippen LogP contribution in [0.4, 0.5) is 0 Å². The molecule has 0 heterocycles. The standard InChI is InChI=1S/C6H12N2O/c1-6(2,9)5-8-4-3-7/h8-9H,4-5H2,1-2H3. The largest absolute Gasteiger partial charge is 0.389 e. The smallest absolute Gasteiger partial charge is 0.0841 e. The quantitative estimate of drug-likeness (QED) is 0.411. The van der Waals surface area contributed by atoms with E-state index >= 15 is 0 Å². The van der Waals surface area contributed by atoms with Crippen LogP contribution in [0.25, 0.3) is 0 Å². The van der Waals surface area contributed by atoms with Crippen LogP contribution in [0.5, 0.6) is 0 Å². The molecule has 3 nitrogen and oxygen atoms in total. The summed E-state index contributed by atoms with van der Waals surface area (Å²) in [5, 5.41) is 19.9. The Morgan fingerprint density at radius 2 is 2.22 bits per heavy atom. The Hall–Kier alpha value is -0.590. The maximum atomic E-state index is 9.07. The van der Waals surface area contributed by atoms with Crippen LogP contribution < -0.4 is 5.32 Å². The van der Waals surface area contributed by atoms with Crippen LogP contribution in [0.1, 0.15) is 13.8 Å². The van der Waals surface area contributed by atoms with E-state index in [1.807, 2.05) is 6.07 Å². The van der Waals surface area contributed by atoms with Crippen molar-refractivity contribution in [3.05, 3.63) is 0 Å². The second kappa shape index (κ2) is 3.44. The molecule has 52 valence electrons. The first-order valence-corrected chi connectivity index (χ1v) is 2.86. The van der Waals surface area contributed by atoms with E-state index in [1.54, 1.807) is 13.8 Å². The maximum absolute atomic E-state index is 9.07. The van der Waals surface area contributed by atoms with E-state index in [0.29, 0.717) is 13.1 Å². The van der Waals surface area contributed by atoms with Gasteiger partial charge in [-0.15, -0.1) is 0 Å². The molecule has 0 aliphatic heterocycles. The molecule has 0 unspecified atom stereocenters. The summed E-state index contributed by atoms with van der Waals surface area (Å²) in [6, 6.07) is 1.92. The number of nitrogens with one attached hydrogen (secondary N) is 1. The molecule has 0 saturated carbocycles. The Kier molecular flexibility index (Phi) is 3.21. The Bertz CT molecular complexity index is 109. The Balaban J connectivity index is 3.20. The molecule has 0 aliphatic rings. The lowest BCUT2D eigenvalue weighted by atomic mass is 10.1. The molecule has 0 saturated heterocycles. The molecule has 0 spiro atoms. The fourth-order valence-corrected chi connectivity index (χ4v) is 0.424. The van der Waals surface area contributed by atoms with Gasteiger partial charge in [-0.2, -0.15) is 5.26 Å². The van der Waals surface area contributed by atoms with Gasteiger partial charge in [0.2, 0.25) is 0 Å². The Morgan fingerprint density at radius 3 is 2.56 bits per heavy atom. The van der Waals surface area contributed by atoms with Crippen LogP contribution in [0.15, 0.2) is 0 Å². The highest BCUT2D eigenvalue weighted by Crippen LogP contribution is 1.95. The number of nitriles is 1. The first-order chi connectivity index (χ1) is 4.06. The van der Waals surface area contributed by atoms with Gasteiger partial charge >= 0.3 is 0 Å². The van der Waals surface area contributed by atoms with Gasteiger partial charge in [-0.25, -0.2) is 0 Å². The van der Waals surface area contributed by atoms with E-state index in [0.717, 1.165) is 0 Å². The van der Waals surface area contributed by atoms with Crippen LogP contribution in [0, 0.1) is 11.3 Å². The molecule has 0 aliphatic carbocycles. The van der Waals surface area contributed by atoms with Gasteiger partial charge in [-0.1, -0.05) is 0 Å². The first-order valence-electron chi connectivity index (χ1n) is 2.86. The fourth-order valence-electron chi connectivity index (χ4n) is 0.424. The third-order valence-electron chi connectivity index (χ3n) is 0.762. The molecule has 0 aromatic carbocycles. The van der Waals surface area contributed by atoms with Gasteiger partial charge in [0.05, 0.1) is 18.2 Å². The summed E-state index contributed by atoms with van der Waals surface area (Å²) in [7, 11) is 0. The summed E-state index contributed by atoms with van der Waals surface area (Å²) in [5.74, 6) is 0. The molecule has 9 heavy (non-hydrogen) atoms. The van der Waals surface area contributed by atoms with Crippen LogP contribution in [0.3, 0.4) is 0 Å². The molecule has 0 fully saturated rings. The first kappa shape index (κ1) is 8.41. The van der Waals surface area contributed by atoms with Crippen LogP contribution in [-0.2, 0) is 0 Å². The lowest BCUT2D eigenvalue weighted by Gasteiger charge is -2.15. The fraction of sp³-hybridized carbons (Fsp3) is 0.833. The third kappa shape index (κ3) is 7.41. The van der Waals surface area contributed by atoms with Gasteiger partial charge in [0.15, 0.2) is 0 Å². The summed E-state index contributed by atoms with van der Waals surface area (Å²) >= 11 is 0. The monoisotopic (exact) mass is 128 g/mol. The average molecular weight is 128 g/mol. The lowest BCUT2D eigenvalue weighted by Crippen LogP contribution is -2.34. The van der Waals surface area contributed by atoms with E-state index in [-0.39, 0.29) is 0 Å². The topological polar surface area (TPSA) is 56.0 Å². The lowest BCUT2D eigenvalue weighted by molar-refractivity contribution is 0.0811. The molecule has 0 atom stereocenters. The van der Waals surface area contributed by atoms with Crippen molar-refractivity contribution in [3.63, 3.8) is 0 Å². The van der Waals surface area contributed by atoms with Gasteiger partial charge < -0.3 is 10.4 Å². The van der Waals surface area contributed by atoms with Gasteiger partial charge in [0.1, 0.15) is 0 Å². The predicted octanol–water partition coefficient (Wildman–Crippen LogP) is -0.130. The number of hydrogen-bond acceptors (Lipinski definition) is 3. The molecular weight excluding hydrogens is 116 g/mol. The predicted molar refractivity (Wildman–Crippen MR) is 34.8 cm³/mol. The second-order valence-electron chi connectivity index (χ2n) is 2.57. The highest BCUT2D eigenvalue weighted by atomic mass is 16.3. The molecule has 0 rings (SSSR count). The van der Waals surface area contributed by atoms with E-state index in [2.05, 4.69) is 5.32 Å². The van der Waals surface area contributed by atoms with Gasteiger partial charge in [0.25, 0.3) is 0 Å². The van der Waals surface area contributed by atoms with Crippen LogP contribution in [0.2, 0.25) is 0 Å². The molecule has 0 bridgehead atoms. The summed E-state index contributed by atoms with van der Waals surface area (Å²) in [4.78, 5) is 0. The normalized spacial score (nSPS) is 10.9. The van der Waals surface area contributed by atoms with Gasteiger partial charge in [-0.3, -0.25) is 0 Å². The van der Waals surface area contributed by atoms with Crippen molar-refractivity contribution >= 4 is 0 Å². The molecule has 0 amide bonds. The zero-order chi connectivity index (χ0) is 7.33. The van der Waals surface area contributed by atoms with E-state index in [4.69, 9.17) is 10.4 Å². The minimum atomic E-state index is -0.711. The van der Waals surface area contributed by atoms with Crippen LogP contribution in [-0.4, -0.2) is 23.8 Å². The minimum absolute atomic E-state index is 0.296. The van der Waals surface area contributed by atoms with Gasteiger partial charge in [0, 0.05) is 6.54 Å².